The fraction of sp³-hybridized carbons (Fsp3) is 0. The van der Waals surface area contributed by atoms with Gasteiger partial charge in [0, 0.05) is 5.02 Å². The standard InChI is InChI=1S/C21H13ClN4O3S2/c22-13-5-7-14(8-6-13)26-19(29)15(17(27)25-21(26)30)9-11-1-3-12(4-2-11)10-16-18(28)24-20(23)31-16/h1-10H,(H2,23,24,28)(H,25,27,30). The fourth-order valence-corrected chi connectivity index (χ4v) is 4.00. The molecule has 3 N–H and O–H groups in total. The van der Waals surface area contributed by atoms with E-state index < -0.39 is 11.8 Å². The first-order valence-corrected chi connectivity index (χ1v) is 10.5. The Kier molecular flexibility index (Phi) is 5.73. The monoisotopic (exact) mass is 468 g/mol. The van der Waals surface area contributed by atoms with Crippen LogP contribution in [0.25, 0.3) is 12.2 Å². The van der Waals surface area contributed by atoms with Crippen molar-refractivity contribution in [3.63, 3.8) is 0 Å². The third-order valence-corrected chi connectivity index (χ3v) is 5.72. The van der Waals surface area contributed by atoms with Gasteiger partial charge in [0.1, 0.15) is 5.57 Å². The number of nitrogens with one attached hydrogen (secondary N) is 1. The molecule has 31 heavy (non-hydrogen) atoms. The summed E-state index contributed by atoms with van der Waals surface area (Å²) in [4.78, 5) is 42.4. The molecule has 1 fully saturated rings. The number of amides is 3. The van der Waals surface area contributed by atoms with Crippen molar-refractivity contribution in [3.8, 4) is 0 Å². The Bertz CT molecular complexity index is 1220. The molecule has 2 aliphatic heterocycles. The molecule has 0 radical (unpaired) electrons. The molecule has 0 aliphatic carbocycles. The topological polar surface area (TPSA) is 105 Å². The number of halogens is 1. The summed E-state index contributed by atoms with van der Waals surface area (Å²) in [6.07, 6.45) is 3.16. The number of thioether (sulfide) groups is 1. The van der Waals surface area contributed by atoms with Gasteiger partial charge in [-0.2, -0.15) is 4.99 Å². The number of anilines is 1. The summed E-state index contributed by atoms with van der Waals surface area (Å²) in [7, 11) is 0. The van der Waals surface area contributed by atoms with Crippen LogP contribution in [0.3, 0.4) is 0 Å². The van der Waals surface area contributed by atoms with E-state index in [2.05, 4.69) is 10.3 Å². The highest BCUT2D eigenvalue weighted by Crippen LogP contribution is 2.27. The lowest BCUT2D eigenvalue weighted by atomic mass is 10.1. The van der Waals surface area contributed by atoms with Crippen LogP contribution in [0.2, 0.25) is 5.02 Å². The van der Waals surface area contributed by atoms with Crippen LogP contribution in [-0.2, 0) is 14.4 Å². The molecule has 0 atom stereocenters. The molecule has 0 aromatic heterocycles. The van der Waals surface area contributed by atoms with Crippen LogP contribution < -0.4 is 16.0 Å². The number of thiocarbonyl (C=S) groups is 1. The zero-order valence-electron chi connectivity index (χ0n) is 15.7. The average Bonchev–Trinajstić information content (AvgIpc) is 3.04. The Balaban J connectivity index is 1.60. The summed E-state index contributed by atoms with van der Waals surface area (Å²) >= 11 is 12.2. The molecule has 1 saturated heterocycles. The first-order chi connectivity index (χ1) is 14.8. The number of benzene rings is 2. The van der Waals surface area contributed by atoms with Gasteiger partial charge in [-0.15, -0.1) is 0 Å². The molecule has 0 bridgehead atoms. The number of hydrogen-bond acceptors (Lipinski definition) is 6. The van der Waals surface area contributed by atoms with Crippen LogP contribution in [0, 0.1) is 0 Å². The Morgan fingerprint density at radius 1 is 1.00 bits per heavy atom. The minimum Gasteiger partial charge on any atom is -0.378 e. The van der Waals surface area contributed by atoms with E-state index in [0.29, 0.717) is 21.2 Å². The molecule has 7 nitrogen and oxygen atoms in total. The maximum atomic E-state index is 13.0. The van der Waals surface area contributed by atoms with Crippen LogP contribution in [0.1, 0.15) is 11.1 Å². The highest BCUT2D eigenvalue weighted by atomic mass is 35.5. The van der Waals surface area contributed by atoms with E-state index in [9.17, 15) is 14.4 Å². The van der Waals surface area contributed by atoms with Gasteiger partial charge in [0.05, 0.1) is 10.6 Å². The van der Waals surface area contributed by atoms with E-state index in [1.165, 1.54) is 11.0 Å². The first kappa shape index (κ1) is 21.0. The summed E-state index contributed by atoms with van der Waals surface area (Å²) < 4.78 is 0. The fourth-order valence-electron chi connectivity index (χ4n) is 2.91. The van der Waals surface area contributed by atoms with Gasteiger partial charge < -0.3 is 5.73 Å². The molecule has 2 aliphatic rings. The summed E-state index contributed by atoms with van der Waals surface area (Å²) in [5.41, 5.74) is 7.37. The van der Waals surface area contributed by atoms with Crippen LogP contribution >= 0.6 is 35.6 Å². The second kappa shape index (κ2) is 8.46. The number of carbonyl (C=O) groups excluding carboxylic acids is 3. The molecule has 4 rings (SSSR count). The largest absolute Gasteiger partial charge is 0.378 e. The predicted molar refractivity (Wildman–Crippen MR) is 126 cm³/mol. The van der Waals surface area contributed by atoms with Gasteiger partial charge in [0.25, 0.3) is 17.7 Å². The highest BCUT2D eigenvalue weighted by Gasteiger charge is 2.34. The van der Waals surface area contributed by atoms with E-state index in [0.717, 1.165) is 17.3 Å². The van der Waals surface area contributed by atoms with Gasteiger partial charge in [-0.05, 0) is 71.5 Å². The maximum absolute atomic E-state index is 13.0. The van der Waals surface area contributed by atoms with Crippen molar-refractivity contribution in [1.29, 1.82) is 0 Å². The van der Waals surface area contributed by atoms with Crippen molar-refractivity contribution in [1.82, 2.24) is 5.32 Å². The van der Waals surface area contributed by atoms with Crippen LogP contribution in [-0.4, -0.2) is 28.0 Å². The number of rotatable bonds is 3. The second-order valence-corrected chi connectivity index (χ2v) is 8.35. The zero-order chi connectivity index (χ0) is 22.1. The summed E-state index contributed by atoms with van der Waals surface area (Å²) in [6, 6.07) is 13.5. The molecule has 2 aromatic rings. The Labute approximate surface area is 191 Å². The van der Waals surface area contributed by atoms with Crippen LogP contribution in [0.15, 0.2) is 64.0 Å². The Morgan fingerprint density at radius 2 is 1.61 bits per heavy atom. The lowest BCUT2D eigenvalue weighted by Crippen LogP contribution is -2.54. The molecule has 0 spiro atoms. The van der Waals surface area contributed by atoms with Crippen molar-refractivity contribution in [3.05, 3.63) is 75.2 Å². The highest BCUT2D eigenvalue weighted by molar-refractivity contribution is 8.18. The third-order valence-electron chi connectivity index (χ3n) is 4.37. The van der Waals surface area contributed by atoms with E-state index in [4.69, 9.17) is 29.6 Å². The molecule has 10 heteroatoms. The SMILES string of the molecule is NC1=NC(=O)C(=Cc2ccc(C=C3C(=O)NC(=S)N(c4ccc(Cl)cc4)C3=O)cc2)S1. The summed E-state index contributed by atoms with van der Waals surface area (Å²) in [5, 5.41) is 3.26. The third kappa shape index (κ3) is 4.43. The van der Waals surface area contributed by atoms with Crippen molar-refractivity contribution in [2.75, 3.05) is 4.90 Å². The van der Waals surface area contributed by atoms with Gasteiger partial charge in [-0.1, -0.05) is 35.9 Å². The van der Waals surface area contributed by atoms with E-state index >= 15 is 0 Å². The van der Waals surface area contributed by atoms with Gasteiger partial charge in [-0.25, -0.2) is 0 Å². The summed E-state index contributed by atoms with van der Waals surface area (Å²) in [6.45, 7) is 0. The van der Waals surface area contributed by atoms with Crippen molar-refractivity contribution in [2.45, 2.75) is 0 Å². The van der Waals surface area contributed by atoms with Crippen molar-refractivity contribution < 1.29 is 14.4 Å². The number of carbonyl (C=O) groups is 3. The van der Waals surface area contributed by atoms with Gasteiger partial charge in [0.15, 0.2) is 10.3 Å². The molecule has 0 saturated carbocycles. The number of nitrogens with zero attached hydrogens (tertiary/aromatic N) is 2. The Hall–Kier alpha value is -3.27. The summed E-state index contributed by atoms with van der Waals surface area (Å²) in [5.74, 6) is -1.49. The maximum Gasteiger partial charge on any atom is 0.286 e. The molecular formula is C21H13ClN4O3S2. The van der Waals surface area contributed by atoms with Crippen LogP contribution in [0.4, 0.5) is 5.69 Å². The van der Waals surface area contributed by atoms with Gasteiger partial charge >= 0.3 is 0 Å². The van der Waals surface area contributed by atoms with Crippen LogP contribution in [0.5, 0.6) is 0 Å². The molecule has 0 unspecified atom stereocenters. The minimum absolute atomic E-state index is 0.00309. The number of hydrogen-bond donors (Lipinski definition) is 2. The number of aliphatic imine (C=N–C) groups is 1. The molecule has 2 heterocycles. The lowest BCUT2D eigenvalue weighted by molar-refractivity contribution is -0.122. The molecule has 154 valence electrons. The van der Waals surface area contributed by atoms with Crippen molar-refractivity contribution in [2.24, 2.45) is 10.7 Å². The number of nitrogens with two attached hydrogens (primary N) is 1. The second-order valence-electron chi connectivity index (χ2n) is 6.47. The average molecular weight is 469 g/mol. The van der Waals surface area contributed by atoms with E-state index in [1.54, 1.807) is 54.6 Å². The quantitative estimate of drug-likeness (QED) is 0.407. The van der Waals surface area contributed by atoms with E-state index in [-0.39, 0.29) is 21.8 Å². The smallest absolute Gasteiger partial charge is 0.286 e. The van der Waals surface area contributed by atoms with Gasteiger partial charge in [-0.3, -0.25) is 24.6 Å². The normalized spacial score (nSPS) is 19.3. The van der Waals surface area contributed by atoms with E-state index in [1.807, 2.05) is 0 Å². The first-order valence-electron chi connectivity index (χ1n) is 8.87. The van der Waals surface area contributed by atoms with Gasteiger partial charge in [0.2, 0.25) is 0 Å². The lowest BCUT2D eigenvalue weighted by Gasteiger charge is -2.28. The molecule has 2 aromatic carbocycles. The molecular weight excluding hydrogens is 456 g/mol. The predicted octanol–water partition coefficient (Wildman–Crippen LogP) is 3.10. The number of amidine groups is 1. The Morgan fingerprint density at radius 3 is 2.19 bits per heavy atom. The van der Waals surface area contributed by atoms with Crippen molar-refractivity contribution >= 4 is 81.4 Å². The zero-order valence-corrected chi connectivity index (χ0v) is 18.1. The molecule has 3 amide bonds. The minimum atomic E-state index is -0.577.